The Hall–Kier alpha value is -2.93. The third-order valence-electron chi connectivity index (χ3n) is 3.32. The summed E-state index contributed by atoms with van der Waals surface area (Å²) in [6.07, 6.45) is -1.61. The number of rotatable bonds is 5. The lowest BCUT2D eigenvalue weighted by atomic mass is 10.1. The number of aromatic nitrogens is 4. The quantitative estimate of drug-likeness (QED) is 0.768. The third kappa shape index (κ3) is 3.69. The van der Waals surface area contributed by atoms with Crippen molar-refractivity contribution >= 4 is 17.7 Å². The third-order valence-corrected chi connectivity index (χ3v) is 3.67. The summed E-state index contributed by atoms with van der Waals surface area (Å²) in [7, 11) is 0. The number of carbonyl (C=O) groups is 1. The number of tetrazole rings is 1. The van der Waals surface area contributed by atoms with Gasteiger partial charge >= 0.3 is 6.09 Å². The summed E-state index contributed by atoms with van der Waals surface area (Å²) >= 11 is 6.17. The Kier molecular flexibility index (Phi) is 4.72. The molecular formula is C16H14ClN5O2. The lowest BCUT2D eigenvalue weighted by Gasteiger charge is -2.17. The summed E-state index contributed by atoms with van der Waals surface area (Å²) < 4.78 is 5.16. The molecule has 1 amide bonds. The maximum absolute atomic E-state index is 11.2. The molecule has 3 aromatic rings. The predicted octanol–water partition coefficient (Wildman–Crippen LogP) is 2.83. The van der Waals surface area contributed by atoms with Crippen molar-refractivity contribution in [3.63, 3.8) is 0 Å². The first-order valence-electron chi connectivity index (χ1n) is 7.17. The molecule has 2 aromatic carbocycles. The molecule has 0 saturated carbocycles. The highest BCUT2D eigenvalue weighted by Gasteiger charge is 2.20. The van der Waals surface area contributed by atoms with E-state index in [9.17, 15) is 4.79 Å². The number of halogens is 1. The lowest BCUT2D eigenvalue weighted by molar-refractivity contribution is 0.0901. The standard InChI is InChI=1S/C16H14ClN5O2/c17-13-9-5-4-8-12(13)14(24-16(18)23)10-22-20-15(19-21-22)11-6-2-1-3-7-11/h1-9,14H,10H2,(H2,18,23)/t14-/m1/s1. The van der Waals surface area contributed by atoms with Crippen molar-refractivity contribution in [2.75, 3.05) is 0 Å². The molecule has 2 N–H and O–H groups in total. The minimum Gasteiger partial charge on any atom is -0.439 e. The summed E-state index contributed by atoms with van der Waals surface area (Å²) in [5.41, 5.74) is 6.62. The van der Waals surface area contributed by atoms with Gasteiger partial charge in [0.05, 0.1) is 0 Å². The minimum atomic E-state index is -0.900. The smallest absolute Gasteiger partial charge is 0.405 e. The first kappa shape index (κ1) is 15.9. The van der Waals surface area contributed by atoms with Crippen LogP contribution in [0.5, 0.6) is 0 Å². The van der Waals surface area contributed by atoms with E-state index in [0.29, 0.717) is 16.4 Å². The summed E-state index contributed by atoms with van der Waals surface area (Å²) in [6, 6.07) is 16.5. The van der Waals surface area contributed by atoms with Crippen LogP contribution < -0.4 is 5.73 Å². The number of primary amides is 1. The van der Waals surface area contributed by atoms with Crippen molar-refractivity contribution in [1.82, 2.24) is 20.2 Å². The molecule has 0 spiro atoms. The fourth-order valence-electron chi connectivity index (χ4n) is 2.25. The summed E-state index contributed by atoms with van der Waals surface area (Å²) in [4.78, 5) is 12.5. The Bertz CT molecular complexity index is 837. The monoisotopic (exact) mass is 343 g/mol. The second-order valence-electron chi connectivity index (χ2n) is 4.98. The average Bonchev–Trinajstić information content (AvgIpc) is 3.04. The maximum Gasteiger partial charge on any atom is 0.405 e. The largest absolute Gasteiger partial charge is 0.439 e. The Morgan fingerprint density at radius 1 is 1.17 bits per heavy atom. The number of benzene rings is 2. The second-order valence-corrected chi connectivity index (χ2v) is 5.39. The van der Waals surface area contributed by atoms with E-state index in [1.807, 2.05) is 30.3 Å². The normalized spacial score (nSPS) is 11.9. The molecule has 0 aliphatic heterocycles. The lowest BCUT2D eigenvalue weighted by Crippen LogP contribution is -2.22. The molecule has 24 heavy (non-hydrogen) atoms. The van der Waals surface area contributed by atoms with Gasteiger partial charge in [0, 0.05) is 16.1 Å². The van der Waals surface area contributed by atoms with Gasteiger partial charge in [-0.25, -0.2) is 4.79 Å². The first-order valence-corrected chi connectivity index (χ1v) is 7.55. The van der Waals surface area contributed by atoms with Crippen LogP contribution in [0.4, 0.5) is 4.79 Å². The Morgan fingerprint density at radius 3 is 2.58 bits per heavy atom. The van der Waals surface area contributed by atoms with Gasteiger partial charge in [-0.05, 0) is 11.3 Å². The predicted molar refractivity (Wildman–Crippen MR) is 88.1 cm³/mol. The molecule has 0 radical (unpaired) electrons. The van der Waals surface area contributed by atoms with E-state index in [0.717, 1.165) is 5.56 Å². The highest BCUT2D eigenvalue weighted by Crippen LogP contribution is 2.26. The molecule has 7 nitrogen and oxygen atoms in total. The molecular weight excluding hydrogens is 330 g/mol. The number of nitrogens with two attached hydrogens (primary N) is 1. The minimum absolute atomic E-state index is 0.145. The van der Waals surface area contributed by atoms with Crippen molar-refractivity contribution in [3.05, 3.63) is 65.2 Å². The number of hydrogen-bond donors (Lipinski definition) is 1. The van der Waals surface area contributed by atoms with Gasteiger partial charge in [-0.2, -0.15) is 4.80 Å². The highest BCUT2D eigenvalue weighted by molar-refractivity contribution is 6.31. The number of amides is 1. The zero-order chi connectivity index (χ0) is 16.9. The van der Waals surface area contributed by atoms with Gasteiger partial charge in [0.1, 0.15) is 6.54 Å². The first-order chi connectivity index (χ1) is 11.6. The molecule has 0 unspecified atom stereocenters. The zero-order valence-electron chi connectivity index (χ0n) is 12.5. The van der Waals surface area contributed by atoms with E-state index in [2.05, 4.69) is 15.4 Å². The zero-order valence-corrected chi connectivity index (χ0v) is 13.3. The van der Waals surface area contributed by atoms with E-state index in [1.165, 1.54) is 4.80 Å². The Balaban J connectivity index is 1.85. The van der Waals surface area contributed by atoms with Crippen molar-refractivity contribution < 1.29 is 9.53 Å². The van der Waals surface area contributed by atoms with Crippen LogP contribution in [0.1, 0.15) is 11.7 Å². The number of carbonyl (C=O) groups excluding carboxylic acids is 1. The average molecular weight is 344 g/mol. The van der Waals surface area contributed by atoms with Gasteiger partial charge in [0.2, 0.25) is 5.82 Å². The summed E-state index contributed by atoms with van der Waals surface area (Å²) in [5, 5.41) is 12.8. The van der Waals surface area contributed by atoms with Crippen molar-refractivity contribution in [2.24, 2.45) is 5.73 Å². The van der Waals surface area contributed by atoms with E-state index in [-0.39, 0.29) is 6.54 Å². The van der Waals surface area contributed by atoms with Crippen LogP contribution in [0, 0.1) is 0 Å². The van der Waals surface area contributed by atoms with Crippen LogP contribution in [0.2, 0.25) is 5.02 Å². The summed E-state index contributed by atoms with van der Waals surface area (Å²) in [6.45, 7) is 0.145. The molecule has 8 heteroatoms. The van der Waals surface area contributed by atoms with Crippen LogP contribution in [-0.2, 0) is 11.3 Å². The fourth-order valence-corrected chi connectivity index (χ4v) is 2.50. The molecule has 0 fully saturated rings. The van der Waals surface area contributed by atoms with Crippen LogP contribution >= 0.6 is 11.6 Å². The SMILES string of the molecule is NC(=O)O[C@H](Cn1nnc(-c2ccccc2)n1)c1ccccc1Cl. The van der Waals surface area contributed by atoms with Crippen LogP contribution in [0.25, 0.3) is 11.4 Å². The van der Waals surface area contributed by atoms with Gasteiger partial charge in [-0.3, -0.25) is 0 Å². The van der Waals surface area contributed by atoms with Crippen LogP contribution in [0.3, 0.4) is 0 Å². The maximum atomic E-state index is 11.2. The van der Waals surface area contributed by atoms with E-state index >= 15 is 0 Å². The van der Waals surface area contributed by atoms with Crippen LogP contribution in [-0.4, -0.2) is 26.3 Å². The number of hydrogen-bond acceptors (Lipinski definition) is 5. The molecule has 122 valence electrons. The number of nitrogens with zero attached hydrogens (tertiary/aromatic N) is 4. The molecule has 3 rings (SSSR count). The molecule has 1 aromatic heterocycles. The van der Waals surface area contributed by atoms with Crippen molar-refractivity contribution in [1.29, 1.82) is 0 Å². The second kappa shape index (κ2) is 7.10. The highest BCUT2D eigenvalue weighted by atomic mass is 35.5. The van der Waals surface area contributed by atoms with Gasteiger partial charge in [-0.15, -0.1) is 10.2 Å². The topological polar surface area (TPSA) is 95.9 Å². The van der Waals surface area contributed by atoms with Gasteiger partial charge in [-0.1, -0.05) is 60.1 Å². The molecule has 1 heterocycles. The van der Waals surface area contributed by atoms with E-state index in [4.69, 9.17) is 22.1 Å². The van der Waals surface area contributed by atoms with Gasteiger partial charge in [0.25, 0.3) is 0 Å². The molecule has 0 bridgehead atoms. The van der Waals surface area contributed by atoms with Crippen molar-refractivity contribution in [3.8, 4) is 11.4 Å². The Labute approximate surface area is 143 Å². The summed E-state index contributed by atoms with van der Waals surface area (Å²) in [5.74, 6) is 0.479. The molecule has 1 atom stereocenters. The van der Waals surface area contributed by atoms with Gasteiger partial charge < -0.3 is 10.5 Å². The molecule has 0 aliphatic rings. The van der Waals surface area contributed by atoms with Gasteiger partial charge in [0.15, 0.2) is 6.10 Å². The van der Waals surface area contributed by atoms with E-state index in [1.54, 1.807) is 24.3 Å². The number of ether oxygens (including phenoxy) is 1. The van der Waals surface area contributed by atoms with Crippen molar-refractivity contribution in [2.45, 2.75) is 12.6 Å². The van der Waals surface area contributed by atoms with Crippen LogP contribution in [0.15, 0.2) is 54.6 Å². The molecule has 0 aliphatic carbocycles. The van der Waals surface area contributed by atoms with E-state index < -0.39 is 12.2 Å². The molecule has 0 saturated heterocycles. The fraction of sp³-hybridized carbons (Fsp3) is 0.125. The Morgan fingerprint density at radius 2 is 1.88 bits per heavy atom.